The summed E-state index contributed by atoms with van der Waals surface area (Å²) in [6.07, 6.45) is 0. The van der Waals surface area contributed by atoms with Crippen LogP contribution in [0, 0.1) is 0 Å². The molecule has 0 spiro atoms. The average molecular weight is 218 g/mol. The lowest BCUT2D eigenvalue weighted by atomic mass is 10.3. The van der Waals surface area contributed by atoms with Crippen LogP contribution >= 0.6 is 0 Å². The summed E-state index contributed by atoms with van der Waals surface area (Å²) >= 11 is 0. The van der Waals surface area contributed by atoms with Gasteiger partial charge in [0.15, 0.2) is 5.75 Å². The van der Waals surface area contributed by atoms with Crippen LogP contribution in [0.1, 0.15) is 6.92 Å². The molecule has 0 aliphatic carbocycles. The van der Waals surface area contributed by atoms with Crippen LogP contribution < -0.4 is 4.89 Å². The number of hydrogen-bond donors (Lipinski definition) is 0. The summed E-state index contributed by atoms with van der Waals surface area (Å²) in [7, 11) is -4.05. The van der Waals surface area contributed by atoms with Crippen molar-refractivity contribution in [2.75, 3.05) is 6.61 Å². The molecule has 0 aromatic heterocycles. The molecule has 5 nitrogen and oxygen atoms in total. The quantitative estimate of drug-likeness (QED) is 0.550. The van der Waals surface area contributed by atoms with E-state index in [1.165, 1.54) is 6.92 Å². The van der Waals surface area contributed by atoms with E-state index < -0.39 is 10.4 Å². The van der Waals surface area contributed by atoms with Crippen LogP contribution in [0.2, 0.25) is 0 Å². The third-order valence-electron chi connectivity index (χ3n) is 1.22. The third kappa shape index (κ3) is 3.73. The Morgan fingerprint density at radius 2 is 1.86 bits per heavy atom. The lowest BCUT2D eigenvalue weighted by Gasteiger charge is -2.03. The van der Waals surface area contributed by atoms with Crippen molar-refractivity contribution in [1.82, 2.24) is 0 Å². The fourth-order valence-electron chi connectivity index (χ4n) is 0.721. The van der Waals surface area contributed by atoms with E-state index in [2.05, 4.69) is 13.4 Å². The Balaban J connectivity index is 2.49. The molecule has 0 aliphatic rings. The molecule has 0 bridgehead atoms. The second kappa shape index (κ2) is 4.94. The predicted octanol–water partition coefficient (Wildman–Crippen LogP) is 1.28. The first kappa shape index (κ1) is 11.0. The predicted molar refractivity (Wildman–Crippen MR) is 48.7 cm³/mol. The number of rotatable bonds is 5. The van der Waals surface area contributed by atoms with Crippen LogP contribution in [-0.4, -0.2) is 15.0 Å². The molecule has 0 amide bonds. The van der Waals surface area contributed by atoms with E-state index in [4.69, 9.17) is 0 Å². The highest BCUT2D eigenvalue weighted by Gasteiger charge is 2.12. The molecule has 78 valence electrons. The smallest absolute Gasteiger partial charge is 0.319 e. The number of hydrogen-bond acceptors (Lipinski definition) is 5. The van der Waals surface area contributed by atoms with E-state index in [1.807, 2.05) is 0 Å². The van der Waals surface area contributed by atoms with Gasteiger partial charge in [-0.25, -0.2) is 4.18 Å². The normalized spacial score (nSPS) is 11.2. The highest BCUT2D eigenvalue weighted by Crippen LogP contribution is 2.10. The topological polar surface area (TPSA) is 61.8 Å². The van der Waals surface area contributed by atoms with Crippen molar-refractivity contribution in [2.45, 2.75) is 6.92 Å². The first-order valence-electron chi connectivity index (χ1n) is 3.94. The van der Waals surface area contributed by atoms with E-state index in [9.17, 15) is 8.42 Å². The Kier molecular flexibility index (Phi) is 3.87. The highest BCUT2D eigenvalue weighted by atomic mass is 32.3. The van der Waals surface area contributed by atoms with E-state index in [0.29, 0.717) is 0 Å². The van der Waals surface area contributed by atoms with E-state index in [1.54, 1.807) is 30.3 Å². The molecule has 0 aliphatic heterocycles. The Morgan fingerprint density at radius 1 is 1.21 bits per heavy atom. The van der Waals surface area contributed by atoms with Gasteiger partial charge in [-0.15, -0.1) is 0 Å². The molecule has 1 rings (SSSR count). The molecular formula is C8H10O5S. The first-order chi connectivity index (χ1) is 6.64. The Labute approximate surface area is 82.5 Å². The summed E-state index contributed by atoms with van der Waals surface area (Å²) in [5.41, 5.74) is 0. The van der Waals surface area contributed by atoms with Gasteiger partial charge in [-0.05, 0) is 23.4 Å². The zero-order valence-electron chi connectivity index (χ0n) is 7.54. The van der Waals surface area contributed by atoms with Gasteiger partial charge in [0.2, 0.25) is 0 Å². The molecule has 6 heteroatoms. The molecule has 0 saturated heterocycles. The van der Waals surface area contributed by atoms with E-state index >= 15 is 0 Å². The number of benzene rings is 1. The molecule has 14 heavy (non-hydrogen) atoms. The highest BCUT2D eigenvalue weighted by molar-refractivity contribution is 7.81. The molecule has 0 heterocycles. The summed E-state index contributed by atoms with van der Waals surface area (Å²) in [5.74, 6) is 0.288. The molecule has 0 atom stereocenters. The maximum absolute atomic E-state index is 10.8. The Morgan fingerprint density at radius 3 is 2.43 bits per heavy atom. The number of para-hydroxylation sites is 1. The van der Waals surface area contributed by atoms with Gasteiger partial charge in [0.1, 0.15) is 0 Å². The van der Waals surface area contributed by atoms with Crippen LogP contribution in [0.3, 0.4) is 0 Å². The van der Waals surface area contributed by atoms with Crippen LogP contribution in [0.25, 0.3) is 0 Å². The van der Waals surface area contributed by atoms with Crippen molar-refractivity contribution < 1.29 is 21.8 Å². The van der Waals surface area contributed by atoms with Gasteiger partial charge in [0.05, 0.1) is 6.61 Å². The fraction of sp³-hybridized carbons (Fsp3) is 0.250. The summed E-state index contributed by atoms with van der Waals surface area (Å²) in [6.45, 7) is 1.53. The Bertz CT molecular complexity index is 359. The molecule has 1 aromatic rings. The van der Waals surface area contributed by atoms with Crippen molar-refractivity contribution in [3.05, 3.63) is 30.3 Å². The van der Waals surface area contributed by atoms with E-state index in [0.717, 1.165) is 0 Å². The molecule has 0 saturated carbocycles. The lowest BCUT2D eigenvalue weighted by molar-refractivity contribution is -0.106. The standard InChI is InChI=1S/C8H10O5S/c1-2-11-14(9,10)13-12-8-6-4-3-5-7-8/h3-7H,2H2,1H3. The van der Waals surface area contributed by atoms with Gasteiger partial charge in [0, 0.05) is 0 Å². The maximum atomic E-state index is 10.8. The van der Waals surface area contributed by atoms with Crippen molar-refractivity contribution in [1.29, 1.82) is 0 Å². The fourth-order valence-corrected chi connectivity index (χ4v) is 1.21. The minimum Gasteiger partial charge on any atom is -0.319 e. The SMILES string of the molecule is CCOS(=O)(=O)OOc1ccccc1. The van der Waals surface area contributed by atoms with Gasteiger partial charge in [0.25, 0.3) is 0 Å². The van der Waals surface area contributed by atoms with Crippen molar-refractivity contribution in [3.8, 4) is 5.75 Å². The summed E-state index contributed by atoms with van der Waals surface area (Å²) in [4.78, 5) is 4.51. The second-order valence-electron chi connectivity index (χ2n) is 2.28. The minimum atomic E-state index is -4.05. The van der Waals surface area contributed by atoms with Gasteiger partial charge >= 0.3 is 10.4 Å². The molecule has 0 unspecified atom stereocenters. The van der Waals surface area contributed by atoms with Gasteiger partial charge in [-0.3, -0.25) is 0 Å². The van der Waals surface area contributed by atoms with Gasteiger partial charge in [-0.1, -0.05) is 18.2 Å². The van der Waals surface area contributed by atoms with Crippen molar-refractivity contribution >= 4 is 10.4 Å². The summed E-state index contributed by atoms with van der Waals surface area (Å²) in [5, 5.41) is 0. The van der Waals surface area contributed by atoms with Crippen molar-refractivity contribution in [3.63, 3.8) is 0 Å². The van der Waals surface area contributed by atoms with Gasteiger partial charge in [-0.2, -0.15) is 8.42 Å². The summed E-state index contributed by atoms with van der Waals surface area (Å²) < 4.78 is 30.1. The lowest BCUT2D eigenvalue weighted by Crippen LogP contribution is -2.12. The molecular weight excluding hydrogens is 208 g/mol. The monoisotopic (exact) mass is 218 g/mol. The molecule has 1 aromatic carbocycles. The zero-order valence-corrected chi connectivity index (χ0v) is 8.36. The zero-order chi connectivity index (χ0) is 10.4. The summed E-state index contributed by atoms with van der Waals surface area (Å²) in [6, 6.07) is 8.25. The van der Waals surface area contributed by atoms with Crippen LogP contribution in [0.5, 0.6) is 5.75 Å². The second-order valence-corrected chi connectivity index (χ2v) is 3.47. The van der Waals surface area contributed by atoms with Crippen LogP contribution in [0.4, 0.5) is 0 Å². The van der Waals surface area contributed by atoms with E-state index in [-0.39, 0.29) is 12.4 Å². The maximum Gasteiger partial charge on any atom is 0.435 e. The minimum absolute atomic E-state index is 0.000479. The third-order valence-corrected chi connectivity index (χ3v) is 1.98. The molecule has 0 radical (unpaired) electrons. The Hall–Kier alpha value is -1.11. The van der Waals surface area contributed by atoms with Crippen molar-refractivity contribution in [2.24, 2.45) is 0 Å². The molecule has 0 N–H and O–H groups in total. The van der Waals surface area contributed by atoms with Crippen LogP contribution in [0.15, 0.2) is 30.3 Å². The average Bonchev–Trinajstić information content (AvgIpc) is 2.17. The van der Waals surface area contributed by atoms with Gasteiger partial charge < -0.3 is 4.89 Å². The van der Waals surface area contributed by atoms with Crippen LogP contribution in [-0.2, 0) is 18.9 Å². The molecule has 0 fully saturated rings. The first-order valence-corrected chi connectivity index (χ1v) is 5.28. The largest absolute Gasteiger partial charge is 0.435 e.